The summed E-state index contributed by atoms with van der Waals surface area (Å²) in [5.41, 5.74) is 3.52. The first-order valence-electron chi connectivity index (χ1n) is 6.41. The summed E-state index contributed by atoms with van der Waals surface area (Å²) in [5.74, 6) is 0.355. The summed E-state index contributed by atoms with van der Waals surface area (Å²) in [6, 6.07) is 15.6. The molecule has 0 spiro atoms. The predicted molar refractivity (Wildman–Crippen MR) is 81.8 cm³/mol. The highest BCUT2D eigenvalue weighted by Crippen LogP contribution is 2.22. The van der Waals surface area contributed by atoms with Gasteiger partial charge in [0.2, 0.25) is 5.95 Å². The van der Waals surface area contributed by atoms with E-state index in [4.69, 9.17) is 0 Å². The maximum absolute atomic E-state index is 11.2. The summed E-state index contributed by atoms with van der Waals surface area (Å²) in [6.45, 7) is 0. The molecule has 3 rings (SSSR count). The molecule has 0 aliphatic carbocycles. The quantitative estimate of drug-likeness (QED) is 0.687. The van der Waals surface area contributed by atoms with Gasteiger partial charge in [-0.25, -0.2) is 9.78 Å². The van der Waals surface area contributed by atoms with Crippen LogP contribution in [0.2, 0.25) is 0 Å². The van der Waals surface area contributed by atoms with Crippen molar-refractivity contribution >= 4 is 34.4 Å². The van der Waals surface area contributed by atoms with Gasteiger partial charge in [-0.15, -0.1) is 0 Å². The summed E-state index contributed by atoms with van der Waals surface area (Å²) >= 11 is 0. The Morgan fingerprint density at radius 2 is 1.95 bits per heavy atom. The Balaban J connectivity index is 1.84. The Morgan fingerprint density at radius 3 is 2.71 bits per heavy atom. The van der Waals surface area contributed by atoms with E-state index in [-0.39, 0.29) is 0 Å². The number of nitrogens with one attached hydrogen (secondary N) is 3. The minimum Gasteiger partial charge on any atom is -0.453 e. The zero-order valence-corrected chi connectivity index (χ0v) is 11.4. The van der Waals surface area contributed by atoms with E-state index in [9.17, 15) is 4.79 Å². The van der Waals surface area contributed by atoms with Gasteiger partial charge >= 0.3 is 6.09 Å². The van der Waals surface area contributed by atoms with Crippen LogP contribution >= 0.6 is 0 Å². The largest absolute Gasteiger partial charge is 0.453 e. The molecule has 0 unspecified atom stereocenters. The number of hydrogen-bond acceptors (Lipinski definition) is 4. The number of imidazole rings is 1. The Bertz CT molecular complexity index is 768. The molecule has 6 nitrogen and oxygen atoms in total. The number of fused-ring (bicyclic) bond motifs is 1. The molecule has 21 heavy (non-hydrogen) atoms. The summed E-state index contributed by atoms with van der Waals surface area (Å²) in [6.07, 6.45) is -0.559. The van der Waals surface area contributed by atoms with E-state index in [0.717, 1.165) is 22.4 Å². The van der Waals surface area contributed by atoms with Gasteiger partial charge in [-0.05, 0) is 30.3 Å². The molecule has 2 aromatic carbocycles. The molecule has 0 bridgehead atoms. The van der Waals surface area contributed by atoms with Gasteiger partial charge in [0.1, 0.15) is 0 Å². The molecule has 1 aromatic heterocycles. The second-order valence-electron chi connectivity index (χ2n) is 4.42. The number of benzene rings is 2. The first kappa shape index (κ1) is 13.0. The fourth-order valence-electron chi connectivity index (χ4n) is 1.98. The highest BCUT2D eigenvalue weighted by atomic mass is 16.5. The Labute approximate surface area is 121 Å². The molecule has 0 radical (unpaired) electrons. The molecule has 106 valence electrons. The third-order valence-electron chi connectivity index (χ3n) is 2.95. The molecule has 0 fully saturated rings. The fourth-order valence-corrected chi connectivity index (χ4v) is 1.98. The highest BCUT2D eigenvalue weighted by molar-refractivity contribution is 5.87. The topological polar surface area (TPSA) is 79.0 Å². The molecule has 3 aromatic rings. The minimum atomic E-state index is -0.559. The first-order chi connectivity index (χ1) is 10.2. The lowest BCUT2D eigenvalue weighted by Gasteiger charge is -2.05. The van der Waals surface area contributed by atoms with Crippen molar-refractivity contribution in [3.8, 4) is 0 Å². The monoisotopic (exact) mass is 282 g/mol. The number of ether oxygens (including phenoxy) is 1. The van der Waals surface area contributed by atoms with Crippen LogP contribution in [-0.4, -0.2) is 23.2 Å². The molecule has 1 amide bonds. The van der Waals surface area contributed by atoms with E-state index in [0.29, 0.717) is 5.95 Å². The van der Waals surface area contributed by atoms with Gasteiger partial charge in [0, 0.05) is 11.4 Å². The fraction of sp³-hybridized carbons (Fsp3) is 0.0667. The molecule has 0 saturated heterocycles. The Hall–Kier alpha value is -3.02. The number of aromatic nitrogens is 2. The number of carbonyl (C=O) groups excluding carboxylic acids is 1. The van der Waals surface area contributed by atoms with Crippen molar-refractivity contribution in [2.75, 3.05) is 17.7 Å². The van der Waals surface area contributed by atoms with Crippen molar-refractivity contribution in [1.29, 1.82) is 0 Å². The van der Waals surface area contributed by atoms with E-state index < -0.39 is 6.09 Å². The van der Waals surface area contributed by atoms with Crippen molar-refractivity contribution in [2.45, 2.75) is 0 Å². The van der Waals surface area contributed by atoms with Gasteiger partial charge in [-0.1, -0.05) is 18.2 Å². The zero-order valence-electron chi connectivity index (χ0n) is 11.4. The van der Waals surface area contributed by atoms with E-state index in [1.54, 1.807) is 0 Å². The van der Waals surface area contributed by atoms with Gasteiger partial charge in [0.25, 0.3) is 0 Å². The van der Waals surface area contributed by atoms with Gasteiger partial charge in [-0.3, -0.25) is 5.32 Å². The van der Waals surface area contributed by atoms with E-state index in [1.807, 2.05) is 48.5 Å². The smallest absolute Gasteiger partial charge is 0.413 e. The lowest BCUT2D eigenvalue weighted by Crippen LogP contribution is -2.11. The predicted octanol–water partition coefficient (Wildman–Crippen LogP) is 3.48. The van der Waals surface area contributed by atoms with Crippen molar-refractivity contribution in [3.05, 3.63) is 48.5 Å². The standard InChI is InChI=1S/C15H14N4O2/c1-21-15(20)19-14-17-12-8-7-11(9-13(12)18-14)16-10-5-3-2-4-6-10/h2-9,16H,1H3,(H2,17,18,19,20). The number of H-pyrrole nitrogens is 1. The van der Waals surface area contributed by atoms with Crippen LogP contribution in [0.3, 0.4) is 0 Å². The third-order valence-corrected chi connectivity index (χ3v) is 2.95. The van der Waals surface area contributed by atoms with Crippen molar-refractivity contribution in [3.63, 3.8) is 0 Å². The highest BCUT2D eigenvalue weighted by Gasteiger charge is 2.07. The molecule has 0 atom stereocenters. The molecular weight excluding hydrogens is 268 g/mol. The number of anilines is 3. The van der Waals surface area contributed by atoms with Crippen LogP contribution in [0.4, 0.5) is 22.1 Å². The third kappa shape index (κ3) is 2.94. The van der Waals surface area contributed by atoms with Crippen LogP contribution in [0, 0.1) is 0 Å². The Morgan fingerprint density at radius 1 is 1.14 bits per heavy atom. The number of para-hydroxylation sites is 1. The van der Waals surface area contributed by atoms with E-state index in [1.165, 1.54) is 7.11 Å². The van der Waals surface area contributed by atoms with Crippen LogP contribution in [0.15, 0.2) is 48.5 Å². The van der Waals surface area contributed by atoms with Gasteiger partial charge < -0.3 is 15.0 Å². The second kappa shape index (κ2) is 5.54. The van der Waals surface area contributed by atoms with Crippen LogP contribution in [0.25, 0.3) is 11.0 Å². The lowest BCUT2D eigenvalue weighted by molar-refractivity contribution is 0.186. The van der Waals surface area contributed by atoms with Gasteiger partial charge in [-0.2, -0.15) is 0 Å². The number of carbonyl (C=O) groups is 1. The number of aromatic amines is 1. The summed E-state index contributed by atoms with van der Waals surface area (Å²) in [5, 5.41) is 5.80. The number of amides is 1. The minimum absolute atomic E-state index is 0.355. The van der Waals surface area contributed by atoms with Crippen molar-refractivity contribution < 1.29 is 9.53 Å². The summed E-state index contributed by atoms with van der Waals surface area (Å²) < 4.78 is 4.53. The van der Waals surface area contributed by atoms with Crippen LogP contribution in [0.5, 0.6) is 0 Å². The van der Waals surface area contributed by atoms with Crippen LogP contribution in [0.1, 0.15) is 0 Å². The van der Waals surface area contributed by atoms with Crippen molar-refractivity contribution in [1.82, 2.24) is 9.97 Å². The Kier molecular flexibility index (Phi) is 3.42. The number of rotatable bonds is 3. The summed E-state index contributed by atoms with van der Waals surface area (Å²) in [7, 11) is 1.31. The summed E-state index contributed by atoms with van der Waals surface area (Å²) in [4.78, 5) is 18.4. The normalized spacial score (nSPS) is 10.3. The van der Waals surface area contributed by atoms with Gasteiger partial charge in [0.05, 0.1) is 18.1 Å². The zero-order chi connectivity index (χ0) is 14.7. The van der Waals surface area contributed by atoms with E-state index in [2.05, 4.69) is 25.3 Å². The van der Waals surface area contributed by atoms with Crippen LogP contribution < -0.4 is 10.6 Å². The number of nitrogens with zero attached hydrogens (tertiary/aromatic N) is 1. The van der Waals surface area contributed by atoms with Crippen LogP contribution in [-0.2, 0) is 4.74 Å². The SMILES string of the molecule is COC(=O)Nc1nc2ccc(Nc3ccccc3)cc2[nH]1. The molecule has 0 saturated carbocycles. The van der Waals surface area contributed by atoms with E-state index >= 15 is 0 Å². The average Bonchev–Trinajstić information content (AvgIpc) is 2.89. The van der Waals surface area contributed by atoms with Gasteiger partial charge in [0.15, 0.2) is 0 Å². The molecule has 1 heterocycles. The maximum atomic E-state index is 11.2. The molecule has 3 N–H and O–H groups in total. The first-order valence-corrected chi connectivity index (χ1v) is 6.41. The second-order valence-corrected chi connectivity index (χ2v) is 4.42. The lowest BCUT2D eigenvalue weighted by atomic mass is 10.2. The molecule has 0 aliphatic heterocycles. The molecule has 6 heteroatoms. The molecular formula is C15H14N4O2. The number of hydrogen-bond donors (Lipinski definition) is 3. The van der Waals surface area contributed by atoms with Crippen molar-refractivity contribution in [2.24, 2.45) is 0 Å². The number of methoxy groups -OCH3 is 1. The average molecular weight is 282 g/mol. The maximum Gasteiger partial charge on any atom is 0.413 e. The molecule has 0 aliphatic rings.